The van der Waals surface area contributed by atoms with Crippen molar-refractivity contribution >= 4 is 5.69 Å². The smallest absolute Gasteiger partial charge is 0.199 e. The van der Waals surface area contributed by atoms with E-state index < -0.39 is 0 Å². The van der Waals surface area contributed by atoms with Gasteiger partial charge in [-0.25, -0.2) is 0 Å². The number of ether oxygens (including phenoxy) is 2. The summed E-state index contributed by atoms with van der Waals surface area (Å²) in [7, 11) is 0. The summed E-state index contributed by atoms with van der Waals surface area (Å²) in [5.41, 5.74) is 3.82. The molecule has 134 valence electrons. The lowest BCUT2D eigenvalue weighted by Gasteiger charge is -2.49. The van der Waals surface area contributed by atoms with Crippen LogP contribution >= 0.6 is 0 Å². The molecule has 2 atom stereocenters. The highest BCUT2D eigenvalue weighted by Crippen LogP contribution is 2.48. The van der Waals surface area contributed by atoms with Crippen LogP contribution in [0, 0.1) is 5.92 Å². The van der Waals surface area contributed by atoms with E-state index in [2.05, 4.69) is 52.3 Å². The van der Waals surface area contributed by atoms with E-state index in [9.17, 15) is 0 Å². The van der Waals surface area contributed by atoms with Gasteiger partial charge >= 0.3 is 0 Å². The molecule has 4 nitrogen and oxygen atoms in total. The third-order valence-corrected chi connectivity index (χ3v) is 6.61. The molecular weight excluding hydrogens is 324 g/mol. The van der Waals surface area contributed by atoms with E-state index in [4.69, 9.17) is 9.47 Å². The maximum absolute atomic E-state index is 6.49. The Kier molecular flexibility index (Phi) is 3.24. The molecule has 5 aliphatic heterocycles. The quantitative estimate of drug-likeness (QED) is 0.828. The number of fused-ring (bicyclic) bond motifs is 5. The molecule has 0 spiro atoms. The molecule has 0 N–H and O–H groups in total. The van der Waals surface area contributed by atoms with Gasteiger partial charge in [0.15, 0.2) is 6.23 Å². The van der Waals surface area contributed by atoms with Crippen LogP contribution < -0.4 is 14.4 Å². The van der Waals surface area contributed by atoms with Crippen molar-refractivity contribution in [1.82, 2.24) is 4.90 Å². The fourth-order valence-electron chi connectivity index (χ4n) is 5.26. The Morgan fingerprint density at radius 2 is 1.85 bits per heavy atom. The number of hydrogen-bond acceptors (Lipinski definition) is 4. The van der Waals surface area contributed by atoms with E-state index in [1.54, 1.807) is 0 Å². The van der Waals surface area contributed by atoms with Gasteiger partial charge in [0.25, 0.3) is 0 Å². The lowest BCUT2D eigenvalue weighted by atomic mass is 9.82. The molecule has 5 heterocycles. The van der Waals surface area contributed by atoms with Crippen molar-refractivity contribution in [1.29, 1.82) is 0 Å². The molecule has 7 rings (SSSR count). The number of rotatable bonds is 2. The van der Waals surface area contributed by atoms with Gasteiger partial charge in [-0.2, -0.15) is 0 Å². The summed E-state index contributed by atoms with van der Waals surface area (Å²) in [5, 5.41) is 0. The molecule has 0 aliphatic carbocycles. The average Bonchev–Trinajstić information content (AvgIpc) is 3.32. The third kappa shape index (κ3) is 2.18. The monoisotopic (exact) mass is 348 g/mol. The van der Waals surface area contributed by atoms with E-state index in [1.165, 1.54) is 42.7 Å². The van der Waals surface area contributed by atoms with Crippen LogP contribution in [0.3, 0.4) is 0 Å². The second kappa shape index (κ2) is 5.65. The molecule has 0 amide bonds. The van der Waals surface area contributed by atoms with E-state index >= 15 is 0 Å². The van der Waals surface area contributed by atoms with Gasteiger partial charge in [-0.3, -0.25) is 0 Å². The molecule has 4 heteroatoms. The van der Waals surface area contributed by atoms with Gasteiger partial charge in [0, 0.05) is 24.6 Å². The standard InChI is InChI=1S/C22H24N2O2/c1-2-4-21-18(3-1)24(19-14-23-10-7-15(19)8-11-23)22(26-21)17-5-6-20-16(13-17)9-12-25-20/h1-6,13,15,19,22H,7-12,14H2. The van der Waals surface area contributed by atoms with Gasteiger partial charge in [-0.15, -0.1) is 0 Å². The Morgan fingerprint density at radius 3 is 2.69 bits per heavy atom. The normalized spacial score (nSPS) is 31.3. The number of benzene rings is 2. The minimum absolute atomic E-state index is 0.0242. The molecule has 2 aromatic carbocycles. The molecule has 3 saturated heterocycles. The number of nitrogens with zero attached hydrogens (tertiary/aromatic N) is 2. The van der Waals surface area contributed by atoms with Crippen molar-refractivity contribution in [3.63, 3.8) is 0 Å². The molecule has 3 fully saturated rings. The predicted octanol–water partition coefficient (Wildman–Crippen LogP) is 3.61. The zero-order chi connectivity index (χ0) is 17.1. The Balaban J connectivity index is 1.42. The Labute approximate surface area is 154 Å². The molecule has 0 aromatic heterocycles. The van der Waals surface area contributed by atoms with E-state index in [1.807, 2.05) is 0 Å². The van der Waals surface area contributed by atoms with E-state index in [0.29, 0.717) is 6.04 Å². The minimum atomic E-state index is -0.0242. The highest BCUT2D eigenvalue weighted by Gasteiger charge is 2.44. The summed E-state index contributed by atoms with van der Waals surface area (Å²) in [6.07, 6.45) is 3.61. The largest absolute Gasteiger partial charge is 0.493 e. The SMILES string of the molecule is c1ccc2c(c1)OC(c1ccc3c(c1)CCO3)N2C1CN2CCC1CC2. The van der Waals surface area contributed by atoms with Crippen molar-refractivity contribution in [2.45, 2.75) is 31.5 Å². The summed E-state index contributed by atoms with van der Waals surface area (Å²) < 4.78 is 12.2. The van der Waals surface area contributed by atoms with Crippen molar-refractivity contribution in [2.75, 3.05) is 31.1 Å². The van der Waals surface area contributed by atoms with Crippen LogP contribution in [0.5, 0.6) is 11.5 Å². The van der Waals surface area contributed by atoms with Crippen LogP contribution in [0.25, 0.3) is 0 Å². The topological polar surface area (TPSA) is 24.9 Å². The van der Waals surface area contributed by atoms with Gasteiger partial charge < -0.3 is 19.3 Å². The third-order valence-electron chi connectivity index (χ3n) is 6.61. The number of anilines is 1. The van der Waals surface area contributed by atoms with Crippen molar-refractivity contribution in [2.24, 2.45) is 5.92 Å². The zero-order valence-corrected chi connectivity index (χ0v) is 14.9. The lowest BCUT2D eigenvalue weighted by molar-refractivity contribution is 0.0699. The fraction of sp³-hybridized carbons (Fsp3) is 0.455. The summed E-state index contributed by atoms with van der Waals surface area (Å²) in [6, 6.07) is 15.7. The molecule has 2 bridgehead atoms. The molecular formula is C22H24N2O2. The molecule has 2 aromatic rings. The van der Waals surface area contributed by atoms with Crippen LogP contribution in [0.4, 0.5) is 5.69 Å². The molecule has 0 radical (unpaired) electrons. The minimum Gasteiger partial charge on any atom is -0.493 e. The predicted molar refractivity (Wildman–Crippen MR) is 101 cm³/mol. The molecule has 5 aliphatic rings. The summed E-state index contributed by atoms with van der Waals surface area (Å²) in [5.74, 6) is 2.83. The summed E-state index contributed by atoms with van der Waals surface area (Å²) >= 11 is 0. The van der Waals surface area contributed by atoms with Crippen molar-refractivity contribution in [3.8, 4) is 11.5 Å². The van der Waals surface area contributed by atoms with Gasteiger partial charge in [-0.1, -0.05) is 12.1 Å². The van der Waals surface area contributed by atoms with Gasteiger partial charge in [0.2, 0.25) is 0 Å². The number of hydrogen-bond donors (Lipinski definition) is 0. The number of para-hydroxylation sites is 2. The van der Waals surface area contributed by atoms with Gasteiger partial charge in [-0.05, 0) is 67.7 Å². The number of piperidine rings is 3. The maximum Gasteiger partial charge on any atom is 0.199 e. The summed E-state index contributed by atoms with van der Waals surface area (Å²) in [6.45, 7) is 4.48. The zero-order valence-electron chi connectivity index (χ0n) is 14.9. The summed E-state index contributed by atoms with van der Waals surface area (Å²) in [4.78, 5) is 5.20. The first-order valence-electron chi connectivity index (χ1n) is 9.89. The van der Waals surface area contributed by atoms with Crippen LogP contribution in [0.1, 0.15) is 30.2 Å². The first-order chi connectivity index (χ1) is 12.9. The lowest BCUT2D eigenvalue weighted by Crippen LogP contribution is -2.57. The van der Waals surface area contributed by atoms with Crippen molar-refractivity contribution < 1.29 is 9.47 Å². The first-order valence-corrected chi connectivity index (χ1v) is 9.89. The molecule has 2 unspecified atom stereocenters. The Morgan fingerprint density at radius 1 is 0.962 bits per heavy atom. The van der Waals surface area contributed by atoms with Crippen LogP contribution in [0.2, 0.25) is 0 Å². The van der Waals surface area contributed by atoms with Crippen LogP contribution in [-0.4, -0.2) is 37.2 Å². The first kappa shape index (κ1) is 14.9. The Hall–Kier alpha value is -2.20. The van der Waals surface area contributed by atoms with Crippen molar-refractivity contribution in [3.05, 3.63) is 53.6 Å². The second-order valence-corrected chi connectivity index (χ2v) is 8.02. The highest BCUT2D eigenvalue weighted by molar-refractivity contribution is 5.64. The molecule has 0 saturated carbocycles. The average molecular weight is 348 g/mol. The maximum atomic E-state index is 6.49. The fourth-order valence-corrected chi connectivity index (χ4v) is 5.26. The van der Waals surface area contributed by atoms with E-state index in [-0.39, 0.29) is 6.23 Å². The van der Waals surface area contributed by atoms with E-state index in [0.717, 1.165) is 37.0 Å². The second-order valence-electron chi connectivity index (χ2n) is 8.02. The molecule has 26 heavy (non-hydrogen) atoms. The van der Waals surface area contributed by atoms with Crippen LogP contribution in [0.15, 0.2) is 42.5 Å². The van der Waals surface area contributed by atoms with Gasteiger partial charge in [0.1, 0.15) is 11.5 Å². The highest BCUT2D eigenvalue weighted by atomic mass is 16.5. The Bertz CT molecular complexity index is 844. The van der Waals surface area contributed by atoms with Gasteiger partial charge in [0.05, 0.1) is 12.3 Å². The van der Waals surface area contributed by atoms with Crippen LogP contribution in [-0.2, 0) is 6.42 Å².